The van der Waals surface area contributed by atoms with Crippen LogP contribution in [0.5, 0.6) is 5.75 Å². The number of ether oxygens (including phenoxy) is 1. The van der Waals surface area contributed by atoms with E-state index in [0.717, 1.165) is 27.9 Å². The molecule has 0 fully saturated rings. The molecule has 27 heavy (non-hydrogen) atoms. The van der Waals surface area contributed by atoms with Gasteiger partial charge in [0, 0.05) is 34.5 Å². The van der Waals surface area contributed by atoms with Crippen molar-refractivity contribution in [2.24, 2.45) is 5.10 Å². The lowest BCUT2D eigenvalue weighted by Crippen LogP contribution is -2.33. The Balaban J connectivity index is 1.66. The molecule has 0 unspecified atom stereocenters. The molecule has 2 N–H and O–H groups in total. The van der Waals surface area contributed by atoms with Crippen molar-refractivity contribution in [3.63, 3.8) is 0 Å². The van der Waals surface area contributed by atoms with E-state index in [1.54, 1.807) is 31.3 Å². The Labute approximate surface area is 156 Å². The van der Waals surface area contributed by atoms with E-state index in [4.69, 9.17) is 9.15 Å². The highest BCUT2D eigenvalue weighted by Gasteiger charge is 2.15. The Hall–Kier alpha value is -3.35. The monoisotopic (exact) mass is 367 g/mol. The van der Waals surface area contributed by atoms with Gasteiger partial charge in [0.15, 0.2) is 6.10 Å². The number of aromatic nitrogens is 1. The highest BCUT2D eigenvalue weighted by molar-refractivity contribution is 5.85. The summed E-state index contributed by atoms with van der Waals surface area (Å²) in [6.45, 7) is 7.34. The maximum atomic E-state index is 12.2. The molecule has 2 aromatic heterocycles. The summed E-state index contributed by atoms with van der Waals surface area (Å²) in [6, 6.07) is 8.50. The number of amides is 1. The number of hydrazone groups is 1. The van der Waals surface area contributed by atoms with Gasteiger partial charge < -0.3 is 14.1 Å². The van der Waals surface area contributed by atoms with Crippen LogP contribution in [0.4, 0.5) is 0 Å². The van der Waals surface area contributed by atoms with Gasteiger partial charge in [-0.25, -0.2) is 10.2 Å². The fourth-order valence-electron chi connectivity index (χ4n) is 2.77. The third-order valence-corrected chi connectivity index (χ3v) is 4.17. The second-order valence-corrected chi connectivity index (χ2v) is 6.43. The van der Waals surface area contributed by atoms with Gasteiger partial charge >= 0.3 is 5.63 Å². The number of H-pyrrole nitrogens is 1. The van der Waals surface area contributed by atoms with Gasteiger partial charge in [0.05, 0.1) is 6.21 Å². The molecule has 3 rings (SSSR count). The van der Waals surface area contributed by atoms with Crippen LogP contribution in [0, 0.1) is 20.8 Å². The predicted molar refractivity (Wildman–Crippen MR) is 103 cm³/mol. The molecule has 140 valence electrons. The number of fused-ring (bicyclic) bond motifs is 1. The Bertz CT molecular complexity index is 1080. The van der Waals surface area contributed by atoms with E-state index >= 15 is 0 Å². The van der Waals surface area contributed by atoms with Crippen LogP contribution in [0.15, 0.2) is 44.6 Å². The minimum absolute atomic E-state index is 0.387. The molecular weight excluding hydrogens is 346 g/mol. The van der Waals surface area contributed by atoms with Crippen molar-refractivity contribution < 1.29 is 13.9 Å². The lowest BCUT2D eigenvalue weighted by Gasteiger charge is -2.13. The van der Waals surface area contributed by atoms with Gasteiger partial charge in [-0.1, -0.05) is 0 Å². The van der Waals surface area contributed by atoms with Crippen LogP contribution in [0.2, 0.25) is 0 Å². The fraction of sp³-hybridized carbons (Fsp3) is 0.250. The van der Waals surface area contributed by atoms with Gasteiger partial charge in [0.2, 0.25) is 0 Å². The second-order valence-electron chi connectivity index (χ2n) is 6.43. The van der Waals surface area contributed by atoms with E-state index < -0.39 is 11.7 Å². The van der Waals surface area contributed by atoms with Crippen LogP contribution in [0.3, 0.4) is 0 Å². The zero-order valence-corrected chi connectivity index (χ0v) is 15.6. The first-order valence-corrected chi connectivity index (χ1v) is 8.54. The molecule has 0 radical (unpaired) electrons. The fourth-order valence-corrected chi connectivity index (χ4v) is 2.77. The molecule has 0 saturated heterocycles. The van der Waals surface area contributed by atoms with Gasteiger partial charge in [-0.05, 0) is 51.5 Å². The zero-order valence-electron chi connectivity index (χ0n) is 15.6. The topological polar surface area (TPSA) is 96.7 Å². The molecule has 3 aromatic rings. The lowest BCUT2D eigenvalue weighted by atomic mass is 10.1. The quantitative estimate of drug-likeness (QED) is 0.412. The number of benzene rings is 1. The largest absolute Gasteiger partial charge is 0.481 e. The van der Waals surface area contributed by atoms with Gasteiger partial charge in [0.25, 0.3) is 5.91 Å². The van der Waals surface area contributed by atoms with Crippen LogP contribution in [0.25, 0.3) is 11.0 Å². The molecule has 0 aliphatic heterocycles. The SMILES string of the molecule is Cc1cc(/C=N/NC(=O)[C@@H](C)Oc2ccc3c(C)cc(=O)oc3c2)c(C)[nH]1. The molecule has 7 nitrogen and oxygen atoms in total. The Kier molecular flexibility index (Phi) is 5.12. The summed E-state index contributed by atoms with van der Waals surface area (Å²) in [5.74, 6) is 0.0435. The third-order valence-electron chi connectivity index (χ3n) is 4.17. The maximum absolute atomic E-state index is 12.2. The summed E-state index contributed by atoms with van der Waals surface area (Å²) in [6.07, 6.45) is 0.807. The standard InChI is InChI=1S/C20H21N3O4/c1-11-7-19(24)27-18-9-16(5-6-17(11)18)26-14(4)20(25)23-21-10-15-8-12(2)22-13(15)3/h5-10,14,22H,1-4H3,(H,23,25)/b21-10+/t14-/m1/s1. The molecule has 1 aromatic carbocycles. The molecule has 7 heteroatoms. The van der Waals surface area contributed by atoms with Crippen molar-refractivity contribution in [1.82, 2.24) is 10.4 Å². The van der Waals surface area contributed by atoms with Gasteiger partial charge in [-0.2, -0.15) is 5.10 Å². The normalized spacial score (nSPS) is 12.4. The maximum Gasteiger partial charge on any atom is 0.336 e. The molecule has 0 aliphatic rings. The molecule has 0 bridgehead atoms. The van der Waals surface area contributed by atoms with Crippen LogP contribution in [-0.2, 0) is 4.79 Å². The Morgan fingerprint density at radius 3 is 2.74 bits per heavy atom. The first-order chi connectivity index (χ1) is 12.8. The first kappa shape index (κ1) is 18.4. The number of nitrogens with zero attached hydrogens (tertiary/aromatic N) is 1. The average molecular weight is 367 g/mol. The third kappa shape index (κ3) is 4.25. The molecule has 1 atom stereocenters. The smallest absolute Gasteiger partial charge is 0.336 e. The predicted octanol–water partition coefficient (Wildman–Crippen LogP) is 2.96. The molecule has 0 spiro atoms. The zero-order chi connectivity index (χ0) is 19.6. The average Bonchev–Trinajstić information content (AvgIpc) is 2.91. The van der Waals surface area contributed by atoms with Crippen molar-refractivity contribution in [3.8, 4) is 5.75 Å². The van der Waals surface area contributed by atoms with Crippen molar-refractivity contribution >= 4 is 23.1 Å². The molecular formula is C20H21N3O4. The van der Waals surface area contributed by atoms with Gasteiger partial charge in [-0.3, -0.25) is 4.79 Å². The summed E-state index contributed by atoms with van der Waals surface area (Å²) in [5, 5.41) is 4.79. The second kappa shape index (κ2) is 7.49. The molecule has 0 aliphatic carbocycles. The van der Waals surface area contributed by atoms with E-state index in [1.165, 1.54) is 6.07 Å². The van der Waals surface area contributed by atoms with Crippen molar-refractivity contribution in [2.45, 2.75) is 33.8 Å². The minimum Gasteiger partial charge on any atom is -0.481 e. The van der Waals surface area contributed by atoms with Crippen LogP contribution in [0.1, 0.15) is 29.4 Å². The van der Waals surface area contributed by atoms with Crippen molar-refractivity contribution in [2.75, 3.05) is 0 Å². The highest BCUT2D eigenvalue weighted by Crippen LogP contribution is 2.23. The number of carbonyl (C=O) groups is 1. The Morgan fingerprint density at radius 1 is 1.26 bits per heavy atom. The number of aryl methyl sites for hydroxylation is 3. The van der Waals surface area contributed by atoms with Crippen LogP contribution < -0.4 is 15.8 Å². The van der Waals surface area contributed by atoms with Crippen molar-refractivity contribution in [1.29, 1.82) is 0 Å². The number of hydrogen-bond acceptors (Lipinski definition) is 5. The molecule has 2 heterocycles. The summed E-state index contributed by atoms with van der Waals surface area (Å²) in [4.78, 5) is 26.8. The van der Waals surface area contributed by atoms with Gasteiger partial charge in [-0.15, -0.1) is 0 Å². The number of carbonyl (C=O) groups excluding carboxylic acids is 1. The highest BCUT2D eigenvalue weighted by atomic mass is 16.5. The number of nitrogens with one attached hydrogen (secondary N) is 2. The minimum atomic E-state index is -0.773. The lowest BCUT2D eigenvalue weighted by molar-refractivity contribution is -0.127. The molecule has 1 amide bonds. The van der Waals surface area contributed by atoms with Crippen molar-refractivity contribution in [3.05, 3.63) is 63.3 Å². The van der Waals surface area contributed by atoms with Crippen LogP contribution >= 0.6 is 0 Å². The van der Waals surface area contributed by atoms with E-state index in [0.29, 0.717) is 11.3 Å². The van der Waals surface area contributed by atoms with E-state index in [9.17, 15) is 9.59 Å². The summed E-state index contributed by atoms with van der Waals surface area (Å²) < 4.78 is 10.8. The van der Waals surface area contributed by atoms with Crippen LogP contribution in [-0.4, -0.2) is 23.2 Å². The number of aromatic amines is 1. The summed E-state index contributed by atoms with van der Waals surface area (Å²) in [5.41, 5.74) is 6.18. The summed E-state index contributed by atoms with van der Waals surface area (Å²) in [7, 11) is 0. The van der Waals surface area contributed by atoms with Gasteiger partial charge in [0.1, 0.15) is 11.3 Å². The summed E-state index contributed by atoms with van der Waals surface area (Å²) >= 11 is 0. The Morgan fingerprint density at radius 2 is 2.04 bits per heavy atom. The van der Waals surface area contributed by atoms with E-state index in [-0.39, 0.29) is 5.91 Å². The van der Waals surface area contributed by atoms with E-state index in [2.05, 4.69) is 15.5 Å². The number of rotatable bonds is 5. The number of hydrogen-bond donors (Lipinski definition) is 2. The first-order valence-electron chi connectivity index (χ1n) is 8.54. The molecule has 0 saturated carbocycles. The van der Waals surface area contributed by atoms with E-state index in [1.807, 2.05) is 26.8 Å².